The minimum atomic E-state index is -3.02. The first-order valence-corrected chi connectivity index (χ1v) is 3.98. The van der Waals surface area contributed by atoms with E-state index in [1.165, 1.54) is 0 Å². The first-order chi connectivity index (χ1) is 7.47. The Hall–Kier alpha value is -2.12. The predicted molar refractivity (Wildman–Crippen MR) is 47.2 cm³/mol. The van der Waals surface area contributed by atoms with E-state index in [2.05, 4.69) is 9.72 Å². The zero-order valence-corrected chi connectivity index (χ0v) is 8.02. The van der Waals surface area contributed by atoms with Gasteiger partial charge in [0.15, 0.2) is 6.20 Å². The molecule has 1 aromatic rings. The van der Waals surface area contributed by atoms with Crippen LogP contribution in [0.5, 0.6) is 0 Å². The number of aromatic nitrogens is 1. The van der Waals surface area contributed by atoms with Crippen LogP contribution >= 0.6 is 0 Å². The van der Waals surface area contributed by atoms with E-state index in [0.717, 1.165) is 7.11 Å². The van der Waals surface area contributed by atoms with Crippen LogP contribution in [-0.4, -0.2) is 23.0 Å². The van der Waals surface area contributed by atoms with E-state index in [0.29, 0.717) is 12.3 Å². The maximum absolute atomic E-state index is 12.5. The molecule has 8 heteroatoms. The van der Waals surface area contributed by atoms with Gasteiger partial charge in [0.25, 0.3) is 6.43 Å². The average molecular weight is 232 g/mol. The number of rotatable bonds is 3. The number of hydrogen-bond acceptors (Lipinski definition) is 5. The van der Waals surface area contributed by atoms with Crippen molar-refractivity contribution in [1.29, 1.82) is 0 Å². The van der Waals surface area contributed by atoms with Gasteiger partial charge in [0.1, 0.15) is 5.56 Å². The van der Waals surface area contributed by atoms with Crippen LogP contribution in [0.4, 0.5) is 14.6 Å². The Kier molecular flexibility index (Phi) is 3.44. The number of esters is 1. The van der Waals surface area contributed by atoms with Crippen LogP contribution < -0.4 is 0 Å². The summed E-state index contributed by atoms with van der Waals surface area (Å²) < 4.78 is 29.3. The molecule has 1 rings (SSSR count). The van der Waals surface area contributed by atoms with E-state index in [9.17, 15) is 23.7 Å². The van der Waals surface area contributed by atoms with Crippen molar-refractivity contribution in [3.63, 3.8) is 0 Å². The smallest absolute Gasteiger partial charge is 0.363 e. The molecule has 0 saturated carbocycles. The van der Waals surface area contributed by atoms with Crippen molar-refractivity contribution in [2.45, 2.75) is 6.43 Å². The minimum Gasteiger partial charge on any atom is -0.465 e. The fraction of sp³-hybridized carbons (Fsp3) is 0.250. The molecule has 0 atom stereocenters. The van der Waals surface area contributed by atoms with Crippen LogP contribution in [0.3, 0.4) is 0 Å². The normalized spacial score (nSPS) is 10.2. The zero-order chi connectivity index (χ0) is 12.3. The molecule has 1 heterocycles. The molecule has 1 aromatic heterocycles. The number of carbonyl (C=O) groups is 1. The molecule has 0 aromatic carbocycles. The van der Waals surface area contributed by atoms with Crippen LogP contribution in [0, 0.1) is 10.1 Å². The number of nitrogens with zero attached hydrogens (tertiary/aromatic N) is 2. The molecule has 0 unspecified atom stereocenters. The Bertz CT molecular complexity index is 436. The van der Waals surface area contributed by atoms with Gasteiger partial charge in [0.2, 0.25) is 0 Å². The average Bonchev–Trinajstić information content (AvgIpc) is 2.26. The lowest BCUT2D eigenvalue weighted by Crippen LogP contribution is -2.08. The van der Waals surface area contributed by atoms with Crippen LogP contribution in [0.2, 0.25) is 0 Å². The topological polar surface area (TPSA) is 82.3 Å². The monoisotopic (exact) mass is 232 g/mol. The number of methoxy groups -OCH3 is 1. The van der Waals surface area contributed by atoms with Gasteiger partial charge in [0, 0.05) is 11.6 Å². The maximum Gasteiger partial charge on any atom is 0.363 e. The number of alkyl halides is 2. The van der Waals surface area contributed by atoms with E-state index < -0.39 is 34.3 Å². The van der Waals surface area contributed by atoms with Crippen molar-refractivity contribution in [2.24, 2.45) is 0 Å². The highest BCUT2D eigenvalue weighted by Crippen LogP contribution is 2.25. The van der Waals surface area contributed by atoms with E-state index >= 15 is 0 Å². The van der Waals surface area contributed by atoms with Crippen molar-refractivity contribution in [2.75, 3.05) is 7.11 Å². The second-order valence-electron chi connectivity index (χ2n) is 2.68. The zero-order valence-electron chi connectivity index (χ0n) is 8.02. The number of nitro groups is 1. The summed E-state index contributed by atoms with van der Waals surface area (Å²) in [4.78, 5) is 23.7. The molecule has 0 bridgehead atoms. The van der Waals surface area contributed by atoms with Gasteiger partial charge in [-0.1, -0.05) is 0 Å². The lowest BCUT2D eigenvalue weighted by atomic mass is 10.1. The van der Waals surface area contributed by atoms with Gasteiger partial charge >= 0.3 is 11.8 Å². The Morgan fingerprint density at radius 3 is 2.69 bits per heavy atom. The maximum atomic E-state index is 12.5. The minimum absolute atomic E-state index is 0.483. The van der Waals surface area contributed by atoms with E-state index in [1.54, 1.807) is 0 Å². The highest BCUT2D eigenvalue weighted by molar-refractivity contribution is 5.90. The number of hydrogen-bond donors (Lipinski definition) is 0. The molecule has 0 spiro atoms. The molecule has 0 radical (unpaired) electrons. The summed E-state index contributed by atoms with van der Waals surface area (Å²) in [5.74, 6) is -1.76. The van der Waals surface area contributed by atoms with Crippen LogP contribution in [-0.2, 0) is 4.74 Å². The first kappa shape index (κ1) is 12.0. The standard InChI is InChI=1S/C8H6F2N2O4/c1-16-8(13)5-3-11-6(12(14)15)2-4(5)7(9)10/h2-3,7H,1H3. The SMILES string of the molecule is COC(=O)c1cnc([N+](=O)[O-])cc1C(F)F. The van der Waals surface area contributed by atoms with Crippen molar-refractivity contribution in [3.8, 4) is 0 Å². The Morgan fingerprint density at radius 1 is 1.62 bits per heavy atom. The number of ether oxygens (including phenoxy) is 1. The summed E-state index contributed by atoms with van der Waals surface area (Å²) in [5, 5.41) is 10.3. The molecule has 6 nitrogen and oxygen atoms in total. The fourth-order valence-electron chi connectivity index (χ4n) is 1.02. The van der Waals surface area contributed by atoms with E-state index in [1.807, 2.05) is 0 Å². The molecular weight excluding hydrogens is 226 g/mol. The first-order valence-electron chi connectivity index (χ1n) is 3.98. The van der Waals surface area contributed by atoms with Gasteiger partial charge in [-0.3, -0.25) is 0 Å². The summed E-state index contributed by atoms with van der Waals surface area (Å²) in [7, 11) is 1.01. The third kappa shape index (κ3) is 2.27. The molecular formula is C8H6F2N2O4. The van der Waals surface area contributed by atoms with Gasteiger partial charge < -0.3 is 14.9 Å². The summed E-state index contributed by atoms with van der Waals surface area (Å²) in [6, 6.07) is 0.552. The molecule has 86 valence electrons. The summed E-state index contributed by atoms with van der Waals surface area (Å²) in [6.45, 7) is 0. The number of halogens is 2. The second-order valence-corrected chi connectivity index (χ2v) is 2.68. The van der Waals surface area contributed by atoms with Gasteiger partial charge in [-0.2, -0.15) is 0 Å². The fourth-order valence-corrected chi connectivity index (χ4v) is 1.02. The number of carbonyl (C=O) groups excluding carboxylic acids is 1. The largest absolute Gasteiger partial charge is 0.465 e. The Balaban J connectivity index is 3.30. The van der Waals surface area contributed by atoms with Gasteiger partial charge in [-0.15, -0.1) is 0 Å². The van der Waals surface area contributed by atoms with Crippen LogP contribution in [0.25, 0.3) is 0 Å². The Labute approximate surface area is 88.0 Å². The van der Waals surface area contributed by atoms with Crippen molar-refractivity contribution in [3.05, 3.63) is 33.5 Å². The lowest BCUT2D eigenvalue weighted by molar-refractivity contribution is -0.389. The lowest BCUT2D eigenvalue weighted by Gasteiger charge is -2.04. The van der Waals surface area contributed by atoms with Gasteiger partial charge in [-0.05, 0) is 9.91 Å². The highest BCUT2D eigenvalue weighted by Gasteiger charge is 2.24. The molecule has 0 aliphatic rings. The molecule has 0 amide bonds. The molecule has 0 aliphatic heterocycles. The van der Waals surface area contributed by atoms with E-state index in [4.69, 9.17) is 0 Å². The molecule has 0 N–H and O–H groups in total. The van der Waals surface area contributed by atoms with Gasteiger partial charge in [-0.25, -0.2) is 13.6 Å². The van der Waals surface area contributed by atoms with Crippen molar-refractivity contribution < 1.29 is 23.2 Å². The van der Waals surface area contributed by atoms with E-state index in [-0.39, 0.29) is 0 Å². The summed E-state index contributed by atoms with van der Waals surface area (Å²) in [5.41, 5.74) is -1.25. The Morgan fingerprint density at radius 2 is 2.25 bits per heavy atom. The molecule has 0 saturated heterocycles. The van der Waals surface area contributed by atoms with Crippen LogP contribution in [0.15, 0.2) is 12.3 Å². The second kappa shape index (κ2) is 4.60. The van der Waals surface area contributed by atoms with Crippen LogP contribution in [0.1, 0.15) is 22.3 Å². The summed E-state index contributed by atoms with van der Waals surface area (Å²) >= 11 is 0. The van der Waals surface area contributed by atoms with Crippen molar-refractivity contribution >= 4 is 11.8 Å². The third-order valence-electron chi connectivity index (χ3n) is 1.75. The predicted octanol–water partition coefficient (Wildman–Crippen LogP) is 1.71. The molecule has 16 heavy (non-hydrogen) atoms. The number of pyridine rings is 1. The van der Waals surface area contributed by atoms with Gasteiger partial charge in [0.05, 0.1) is 7.11 Å². The summed E-state index contributed by atoms with van der Waals surface area (Å²) in [6.07, 6.45) is -2.32. The highest BCUT2D eigenvalue weighted by atomic mass is 19.3. The quantitative estimate of drug-likeness (QED) is 0.450. The molecule has 0 aliphatic carbocycles. The third-order valence-corrected chi connectivity index (χ3v) is 1.75. The molecule has 0 fully saturated rings. The van der Waals surface area contributed by atoms with Crippen molar-refractivity contribution in [1.82, 2.24) is 4.98 Å².